The van der Waals surface area contributed by atoms with Crippen molar-refractivity contribution < 1.29 is 9.18 Å². The molecule has 0 saturated carbocycles. The molecule has 1 rings (SSSR count). The van der Waals surface area contributed by atoms with Gasteiger partial charge in [0.2, 0.25) is 0 Å². The predicted octanol–water partition coefficient (Wildman–Crippen LogP) is 2.28. The van der Waals surface area contributed by atoms with E-state index in [4.69, 9.17) is 6.42 Å². The molecular weight excluding hydrogens is 205 g/mol. The van der Waals surface area contributed by atoms with Crippen molar-refractivity contribution in [1.29, 1.82) is 0 Å². The molecule has 1 amide bonds. The fraction of sp³-hybridized carbons (Fsp3) is 0.308. The lowest BCUT2D eigenvalue weighted by Crippen LogP contribution is -2.42. The molecule has 0 heterocycles. The molecule has 1 N–H and O–H groups in total. The molecule has 16 heavy (non-hydrogen) atoms. The van der Waals surface area contributed by atoms with E-state index in [1.54, 1.807) is 20.8 Å². The summed E-state index contributed by atoms with van der Waals surface area (Å²) in [5, 5.41) is 2.69. The van der Waals surface area contributed by atoms with Crippen LogP contribution in [0.4, 0.5) is 4.39 Å². The Morgan fingerprint density at radius 3 is 2.62 bits per heavy atom. The van der Waals surface area contributed by atoms with Crippen LogP contribution in [0.2, 0.25) is 0 Å². The van der Waals surface area contributed by atoms with E-state index < -0.39 is 5.54 Å². The van der Waals surface area contributed by atoms with Crippen molar-refractivity contribution in [2.24, 2.45) is 0 Å². The summed E-state index contributed by atoms with van der Waals surface area (Å²) < 4.78 is 12.9. The Morgan fingerprint density at radius 1 is 1.50 bits per heavy atom. The first kappa shape index (κ1) is 12.3. The monoisotopic (exact) mass is 219 g/mol. The zero-order valence-corrected chi connectivity index (χ0v) is 9.60. The van der Waals surface area contributed by atoms with Gasteiger partial charge in [-0.3, -0.25) is 4.79 Å². The van der Waals surface area contributed by atoms with E-state index >= 15 is 0 Å². The quantitative estimate of drug-likeness (QED) is 0.760. The average Bonchev–Trinajstić information content (AvgIpc) is 2.16. The molecule has 0 aliphatic carbocycles. The Labute approximate surface area is 94.9 Å². The second kappa shape index (κ2) is 4.36. The smallest absolute Gasteiger partial charge is 0.252 e. The van der Waals surface area contributed by atoms with Crippen LogP contribution in [-0.4, -0.2) is 11.4 Å². The molecule has 0 aliphatic heterocycles. The molecule has 3 heteroatoms. The largest absolute Gasteiger partial charge is 0.336 e. The summed E-state index contributed by atoms with van der Waals surface area (Å²) in [5.41, 5.74) is 0.313. The fourth-order valence-electron chi connectivity index (χ4n) is 1.27. The third kappa shape index (κ3) is 2.83. The van der Waals surface area contributed by atoms with Crippen LogP contribution in [0.1, 0.15) is 29.8 Å². The van der Waals surface area contributed by atoms with Gasteiger partial charge < -0.3 is 5.32 Å². The van der Waals surface area contributed by atoms with Gasteiger partial charge >= 0.3 is 0 Å². The van der Waals surface area contributed by atoms with E-state index in [0.29, 0.717) is 11.1 Å². The van der Waals surface area contributed by atoms with Gasteiger partial charge in [-0.15, -0.1) is 6.42 Å². The van der Waals surface area contributed by atoms with E-state index in [-0.39, 0.29) is 11.7 Å². The summed E-state index contributed by atoms with van der Waals surface area (Å²) in [4.78, 5) is 11.8. The first-order chi connectivity index (χ1) is 7.35. The van der Waals surface area contributed by atoms with E-state index in [9.17, 15) is 9.18 Å². The second-order valence-corrected chi connectivity index (χ2v) is 4.18. The molecule has 2 nitrogen and oxygen atoms in total. The third-order valence-corrected chi connectivity index (χ3v) is 2.22. The normalized spacial score (nSPS) is 10.7. The van der Waals surface area contributed by atoms with Crippen LogP contribution in [0.5, 0.6) is 0 Å². The Bertz CT molecular complexity index is 457. The number of nitrogens with one attached hydrogen (secondary N) is 1. The van der Waals surface area contributed by atoms with Crippen LogP contribution in [0.25, 0.3) is 0 Å². The summed E-state index contributed by atoms with van der Waals surface area (Å²) in [6.07, 6.45) is 5.27. The maximum atomic E-state index is 12.9. The molecule has 0 unspecified atom stereocenters. The molecule has 1 aromatic carbocycles. The van der Waals surface area contributed by atoms with Crippen molar-refractivity contribution in [3.05, 3.63) is 35.1 Å². The molecule has 0 aliphatic rings. The zero-order chi connectivity index (χ0) is 12.3. The molecule has 0 radical (unpaired) electrons. The van der Waals surface area contributed by atoms with Gasteiger partial charge in [0.1, 0.15) is 5.82 Å². The van der Waals surface area contributed by atoms with Gasteiger partial charge in [0.25, 0.3) is 5.91 Å². The zero-order valence-electron chi connectivity index (χ0n) is 9.60. The summed E-state index contributed by atoms with van der Waals surface area (Å²) in [5.74, 6) is 1.82. The van der Waals surface area contributed by atoms with Crippen molar-refractivity contribution in [3.8, 4) is 12.3 Å². The van der Waals surface area contributed by atoms with Crippen molar-refractivity contribution in [3.63, 3.8) is 0 Å². The van der Waals surface area contributed by atoms with Crippen LogP contribution in [-0.2, 0) is 0 Å². The van der Waals surface area contributed by atoms with Gasteiger partial charge in [-0.05, 0) is 44.5 Å². The second-order valence-electron chi connectivity index (χ2n) is 4.18. The molecule has 1 aromatic rings. The summed E-state index contributed by atoms with van der Waals surface area (Å²) in [7, 11) is 0. The van der Waals surface area contributed by atoms with Gasteiger partial charge in [0, 0.05) is 5.56 Å². The summed E-state index contributed by atoms with van der Waals surface area (Å²) >= 11 is 0. The van der Waals surface area contributed by atoms with Gasteiger partial charge in [-0.1, -0.05) is 5.92 Å². The first-order valence-corrected chi connectivity index (χ1v) is 4.92. The van der Waals surface area contributed by atoms with Crippen LogP contribution >= 0.6 is 0 Å². The van der Waals surface area contributed by atoms with Crippen LogP contribution in [0.15, 0.2) is 18.2 Å². The molecular formula is C13H14FNO. The van der Waals surface area contributed by atoms with Crippen LogP contribution < -0.4 is 5.32 Å². The maximum Gasteiger partial charge on any atom is 0.252 e. The topological polar surface area (TPSA) is 29.1 Å². The molecule has 84 valence electrons. The minimum Gasteiger partial charge on any atom is -0.336 e. The number of carbonyl (C=O) groups is 1. The van der Waals surface area contributed by atoms with Crippen LogP contribution in [0.3, 0.4) is 0 Å². The first-order valence-electron chi connectivity index (χ1n) is 4.92. The summed E-state index contributed by atoms with van der Waals surface area (Å²) in [6, 6.07) is 4.02. The molecule has 0 saturated heterocycles. The Hall–Kier alpha value is -1.82. The number of aryl methyl sites for hydroxylation is 1. The van der Waals surface area contributed by atoms with E-state index in [1.807, 2.05) is 0 Å². The van der Waals surface area contributed by atoms with Gasteiger partial charge in [0.05, 0.1) is 5.54 Å². The lowest BCUT2D eigenvalue weighted by molar-refractivity contribution is 0.0929. The minimum absolute atomic E-state index is 0.291. The van der Waals surface area contributed by atoms with Gasteiger partial charge in [-0.25, -0.2) is 4.39 Å². The highest BCUT2D eigenvalue weighted by Gasteiger charge is 2.19. The number of hydrogen-bond acceptors (Lipinski definition) is 1. The number of benzene rings is 1. The molecule has 0 bridgehead atoms. The Kier molecular flexibility index (Phi) is 3.34. The average molecular weight is 219 g/mol. The molecule has 0 aromatic heterocycles. The molecule has 0 spiro atoms. The minimum atomic E-state index is -0.710. The number of amides is 1. The highest BCUT2D eigenvalue weighted by atomic mass is 19.1. The van der Waals surface area contributed by atoms with Crippen molar-refractivity contribution in [2.45, 2.75) is 26.3 Å². The van der Waals surface area contributed by atoms with Crippen LogP contribution in [0, 0.1) is 25.1 Å². The Morgan fingerprint density at radius 2 is 2.12 bits per heavy atom. The highest BCUT2D eigenvalue weighted by molar-refractivity contribution is 5.96. The number of rotatable bonds is 2. The van der Waals surface area contributed by atoms with Crippen molar-refractivity contribution >= 4 is 5.91 Å². The van der Waals surface area contributed by atoms with E-state index in [2.05, 4.69) is 11.2 Å². The fourth-order valence-corrected chi connectivity index (χ4v) is 1.27. The van der Waals surface area contributed by atoms with Gasteiger partial charge in [-0.2, -0.15) is 0 Å². The number of terminal acetylenes is 1. The standard InChI is InChI=1S/C13H14FNO/c1-5-13(3,4)15-12(16)11-7-6-10(14)8-9(11)2/h1,6-8H,2-4H3,(H,15,16). The number of hydrogen-bond donors (Lipinski definition) is 1. The van der Waals surface area contributed by atoms with E-state index in [0.717, 1.165) is 0 Å². The lowest BCUT2D eigenvalue weighted by atomic mass is 10.0. The van der Waals surface area contributed by atoms with Crippen molar-refractivity contribution in [2.75, 3.05) is 0 Å². The third-order valence-electron chi connectivity index (χ3n) is 2.22. The highest BCUT2D eigenvalue weighted by Crippen LogP contribution is 2.11. The SMILES string of the molecule is C#CC(C)(C)NC(=O)c1ccc(F)cc1C. The number of halogens is 1. The summed E-state index contributed by atoms with van der Waals surface area (Å²) in [6.45, 7) is 5.13. The maximum absolute atomic E-state index is 12.9. The predicted molar refractivity (Wildman–Crippen MR) is 61.5 cm³/mol. The number of carbonyl (C=O) groups excluding carboxylic acids is 1. The molecule has 0 atom stereocenters. The molecule has 0 fully saturated rings. The van der Waals surface area contributed by atoms with Crippen molar-refractivity contribution in [1.82, 2.24) is 5.32 Å². The lowest BCUT2D eigenvalue weighted by Gasteiger charge is -2.20. The Balaban J connectivity index is 2.95. The van der Waals surface area contributed by atoms with E-state index in [1.165, 1.54) is 18.2 Å². The van der Waals surface area contributed by atoms with Gasteiger partial charge in [0.15, 0.2) is 0 Å².